The lowest BCUT2D eigenvalue weighted by atomic mass is 10.0. The van der Waals surface area contributed by atoms with Crippen molar-refractivity contribution in [3.63, 3.8) is 0 Å². The monoisotopic (exact) mass is 417 g/mol. The van der Waals surface area contributed by atoms with Gasteiger partial charge in [0.05, 0.1) is 17.7 Å². The van der Waals surface area contributed by atoms with E-state index < -0.39 is 11.9 Å². The summed E-state index contributed by atoms with van der Waals surface area (Å²) in [5.74, 6) is 0.0354. The van der Waals surface area contributed by atoms with Gasteiger partial charge < -0.3 is 18.8 Å². The second kappa shape index (κ2) is 8.52. The largest absolute Gasteiger partial charge is 0.482 e. The molecule has 0 aliphatic rings. The molecule has 0 bridgehead atoms. The predicted octanol–water partition coefficient (Wildman–Crippen LogP) is 4.80. The number of esters is 2. The first kappa shape index (κ1) is 20.5. The van der Waals surface area contributed by atoms with Gasteiger partial charge in [0.25, 0.3) is 0 Å². The third kappa shape index (κ3) is 3.84. The summed E-state index contributed by atoms with van der Waals surface area (Å²) < 4.78 is 18.4. The van der Waals surface area contributed by atoms with Crippen LogP contribution >= 0.6 is 0 Å². The minimum atomic E-state index is -0.529. The highest BCUT2D eigenvalue weighted by molar-refractivity contribution is 6.16. The Kier molecular flexibility index (Phi) is 5.62. The molecule has 0 spiro atoms. The van der Waals surface area contributed by atoms with Crippen molar-refractivity contribution in [1.82, 2.24) is 4.57 Å². The van der Waals surface area contributed by atoms with Crippen LogP contribution in [-0.2, 0) is 16.6 Å². The summed E-state index contributed by atoms with van der Waals surface area (Å²) in [6.45, 7) is 3.70. The summed E-state index contributed by atoms with van der Waals surface area (Å²) in [4.78, 5) is 25.2. The lowest BCUT2D eigenvalue weighted by molar-refractivity contribution is -0.136. The van der Waals surface area contributed by atoms with Crippen LogP contribution in [0.1, 0.15) is 23.0 Å². The third-order valence-corrected chi connectivity index (χ3v) is 5.25. The highest BCUT2D eigenvalue weighted by Crippen LogP contribution is 2.37. The van der Waals surface area contributed by atoms with Crippen molar-refractivity contribution in [2.75, 3.05) is 13.2 Å². The molecule has 1 heterocycles. The van der Waals surface area contributed by atoms with Crippen molar-refractivity contribution in [1.29, 1.82) is 0 Å². The lowest BCUT2D eigenvalue weighted by Gasteiger charge is -2.11. The van der Waals surface area contributed by atoms with Gasteiger partial charge in [0.2, 0.25) is 0 Å². The van der Waals surface area contributed by atoms with Crippen LogP contribution in [0.5, 0.6) is 11.5 Å². The molecule has 0 unspecified atom stereocenters. The van der Waals surface area contributed by atoms with E-state index >= 15 is 0 Å². The van der Waals surface area contributed by atoms with E-state index in [1.54, 1.807) is 25.1 Å². The van der Waals surface area contributed by atoms with Crippen molar-refractivity contribution in [3.8, 4) is 11.5 Å². The Morgan fingerprint density at radius 3 is 2.32 bits per heavy atom. The summed E-state index contributed by atoms with van der Waals surface area (Å²) in [5.41, 5.74) is 2.15. The average molecular weight is 417 g/mol. The van der Waals surface area contributed by atoms with Crippen LogP contribution in [0.2, 0.25) is 0 Å². The maximum atomic E-state index is 12.7. The molecule has 0 fully saturated rings. The van der Waals surface area contributed by atoms with Gasteiger partial charge in [0.15, 0.2) is 6.61 Å². The molecule has 0 radical (unpaired) electrons. The molecule has 6 nitrogen and oxygen atoms in total. The van der Waals surface area contributed by atoms with Gasteiger partial charge >= 0.3 is 11.9 Å². The quantitative estimate of drug-likeness (QED) is 0.333. The molecule has 0 atom stereocenters. The molecule has 0 amide bonds. The molecule has 3 aromatic carbocycles. The number of hydrogen-bond donors (Lipinski definition) is 0. The van der Waals surface area contributed by atoms with E-state index in [1.807, 2.05) is 61.0 Å². The van der Waals surface area contributed by atoms with Gasteiger partial charge in [-0.1, -0.05) is 42.5 Å². The Hall–Kier alpha value is -3.80. The van der Waals surface area contributed by atoms with Crippen LogP contribution in [0.4, 0.5) is 0 Å². The molecule has 0 aliphatic heterocycles. The zero-order chi connectivity index (χ0) is 22.0. The first-order chi connectivity index (χ1) is 15.0. The molecule has 0 saturated carbocycles. The van der Waals surface area contributed by atoms with Crippen LogP contribution in [0, 0.1) is 6.92 Å². The first-order valence-corrected chi connectivity index (χ1v) is 10.1. The van der Waals surface area contributed by atoms with Crippen LogP contribution in [0.15, 0.2) is 60.7 Å². The number of para-hydroxylation sites is 1. The van der Waals surface area contributed by atoms with Gasteiger partial charge in [-0.15, -0.1) is 0 Å². The Bertz CT molecular complexity index is 1270. The fourth-order valence-corrected chi connectivity index (χ4v) is 3.77. The number of carbonyl (C=O) groups excluding carboxylic acids is 2. The van der Waals surface area contributed by atoms with E-state index in [0.29, 0.717) is 22.4 Å². The minimum Gasteiger partial charge on any atom is -0.482 e. The number of aryl methyl sites for hydroxylation is 1. The fourth-order valence-electron chi connectivity index (χ4n) is 3.77. The standard InChI is InChI=1S/C25H23NO5/c1-4-29-25(28)23-16(2)26(3)24-19-13-9-8-12-18(19)21(14-20(23)24)31-22(27)15-30-17-10-6-5-7-11-17/h5-14H,4,15H2,1-3H3. The lowest BCUT2D eigenvalue weighted by Crippen LogP contribution is -2.17. The third-order valence-electron chi connectivity index (χ3n) is 5.25. The van der Waals surface area contributed by atoms with E-state index in [-0.39, 0.29) is 13.2 Å². The summed E-state index contributed by atoms with van der Waals surface area (Å²) >= 11 is 0. The van der Waals surface area contributed by atoms with Gasteiger partial charge in [-0.25, -0.2) is 9.59 Å². The number of rotatable bonds is 6. The molecule has 1 aromatic heterocycles. The summed E-state index contributed by atoms with van der Waals surface area (Å²) in [5, 5.41) is 2.34. The molecule has 31 heavy (non-hydrogen) atoms. The van der Waals surface area contributed by atoms with E-state index in [9.17, 15) is 9.59 Å². The summed E-state index contributed by atoms with van der Waals surface area (Å²) in [6.07, 6.45) is 0. The molecule has 0 aliphatic carbocycles. The van der Waals surface area contributed by atoms with Gasteiger partial charge in [-0.2, -0.15) is 0 Å². The van der Waals surface area contributed by atoms with Crippen molar-refractivity contribution >= 4 is 33.6 Å². The summed E-state index contributed by atoms with van der Waals surface area (Å²) in [6, 6.07) is 18.4. The van der Waals surface area contributed by atoms with Crippen LogP contribution < -0.4 is 9.47 Å². The number of fused-ring (bicyclic) bond motifs is 3. The van der Waals surface area contributed by atoms with Crippen LogP contribution in [-0.4, -0.2) is 29.7 Å². The van der Waals surface area contributed by atoms with Gasteiger partial charge in [-0.3, -0.25) is 0 Å². The second-order valence-electron chi connectivity index (χ2n) is 7.13. The van der Waals surface area contributed by atoms with E-state index in [4.69, 9.17) is 14.2 Å². The fraction of sp³-hybridized carbons (Fsp3) is 0.200. The number of carbonyl (C=O) groups is 2. The Morgan fingerprint density at radius 1 is 0.935 bits per heavy atom. The molecule has 4 rings (SSSR count). The molecule has 0 saturated heterocycles. The van der Waals surface area contributed by atoms with E-state index in [1.165, 1.54) is 0 Å². The molecule has 6 heteroatoms. The van der Waals surface area contributed by atoms with Gasteiger partial charge in [0, 0.05) is 28.9 Å². The maximum Gasteiger partial charge on any atom is 0.349 e. The molecule has 4 aromatic rings. The first-order valence-electron chi connectivity index (χ1n) is 10.1. The highest BCUT2D eigenvalue weighted by Gasteiger charge is 2.23. The van der Waals surface area contributed by atoms with E-state index in [2.05, 4.69) is 0 Å². The number of ether oxygens (including phenoxy) is 3. The molecular weight excluding hydrogens is 394 g/mol. The predicted molar refractivity (Wildman–Crippen MR) is 119 cm³/mol. The normalized spacial score (nSPS) is 10.9. The number of aromatic nitrogens is 1. The second-order valence-corrected chi connectivity index (χ2v) is 7.13. The summed E-state index contributed by atoms with van der Waals surface area (Å²) in [7, 11) is 1.91. The molecule has 0 N–H and O–H groups in total. The zero-order valence-electron chi connectivity index (χ0n) is 17.7. The van der Waals surface area contributed by atoms with Crippen molar-refractivity contribution in [2.45, 2.75) is 13.8 Å². The van der Waals surface area contributed by atoms with Crippen molar-refractivity contribution < 1.29 is 23.8 Å². The highest BCUT2D eigenvalue weighted by atomic mass is 16.6. The number of benzene rings is 3. The SMILES string of the molecule is CCOC(=O)c1c(C)n(C)c2c1cc(OC(=O)COc1ccccc1)c1ccccc12. The molecule has 158 valence electrons. The zero-order valence-corrected chi connectivity index (χ0v) is 17.7. The van der Waals surface area contributed by atoms with Crippen molar-refractivity contribution in [2.24, 2.45) is 7.05 Å². The Morgan fingerprint density at radius 2 is 1.61 bits per heavy atom. The van der Waals surface area contributed by atoms with Crippen LogP contribution in [0.3, 0.4) is 0 Å². The van der Waals surface area contributed by atoms with Gasteiger partial charge in [-0.05, 0) is 32.0 Å². The average Bonchev–Trinajstić information content (AvgIpc) is 3.03. The smallest absolute Gasteiger partial charge is 0.349 e. The number of hydrogen-bond acceptors (Lipinski definition) is 5. The Balaban J connectivity index is 1.76. The van der Waals surface area contributed by atoms with Crippen LogP contribution in [0.25, 0.3) is 21.7 Å². The minimum absolute atomic E-state index is 0.227. The number of nitrogens with zero attached hydrogens (tertiary/aromatic N) is 1. The van der Waals surface area contributed by atoms with E-state index in [0.717, 1.165) is 22.0 Å². The van der Waals surface area contributed by atoms with Gasteiger partial charge in [0.1, 0.15) is 11.5 Å². The Labute approximate surface area is 179 Å². The topological polar surface area (TPSA) is 66.8 Å². The van der Waals surface area contributed by atoms with Crippen molar-refractivity contribution in [3.05, 3.63) is 71.9 Å². The maximum absolute atomic E-state index is 12.7. The molecular formula is C25H23NO5.